The number of rotatable bonds is 11. The van der Waals surface area contributed by atoms with E-state index in [1.54, 1.807) is 0 Å². The number of ether oxygens (including phenoxy) is 2. The van der Waals surface area contributed by atoms with Gasteiger partial charge in [0.2, 0.25) is 11.8 Å². The molecule has 0 aromatic carbocycles. The van der Waals surface area contributed by atoms with Crippen molar-refractivity contribution in [2.45, 2.75) is 33.1 Å². The first-order valence-corrected chi connectivity index (χ1v) is 7.08. The van der Waals surface area contributed by atoms with E-state index in [4.69, 9.17) is 9.47 Å². The Bertz CT molecular complexity index is 293. The zero-order valence-corrected chi connectivity index (χ0v) is 13.2. The second kappa shape index (κ2) is 18.3. The fourth-order valence-corrected chi connectivity index (χ4v) is 0.924. The van der Waals surface area contributed by atoms with E-state index in [1.165, 1.54) is 12.2 Å². The normalized spacial score (nSPS) is 9.05. The summed E-state index contributed by atoms with van der Waals surface area (Å²) in [4.78, 5) is 21.0. The summed E-state index contributed by atoms with van der Waals surface area (Å²) >= 11 is 0. The van der Waals surface area contributed by atoms with Crippen LogP contribution in [0, 0.1) is 0 Å². The van der Waals surface area contributed by atoms with E-state index in [0.717, 1.165) is 19.3 Å². The van der Waals surface area contributed by atoms with Crippen LogP contribution >= 0.6 is 0 Å². The Hall–Kier alpha value is -1.66. The predicted octanol–water partition coefficient (Wildman–Crippen LogP) is 1.74. The molecular formula is C15H28N2O4. The number of carbonyl (C=O) groups is 2. The monoisotopic (exact) mass is 300 g/mol. The van der Waals surface area contributed by atoms with Crippen LogP contribution in [0.25, 0.3) is 0 Å². The van der Waals surface area contributed by atoms with Gasteiger partial charge in [-0.2, -0.15) is 0 Å². The lowest BCUT2D eigenvalue weighted by Crippen LogP contribution is -2.23. The largest absolute Gasteiger partial charge is 0.361 e. The van der Waals surface area contributed by atoms with Gasteiger partial charge in [-0.05, 0) is 25.0 Å². The smallest absolute Gasteiger partial charge is 0.245 e. The molecule has 0 atom stereocenters. The van der Waals surface area contributed by atoms with E-state index in [0.29, 0.717) is 13.2 Å². The van der Waals surface area contributed by atoms with Gasteiger partial charge in [-0.15, -0.1) is 0 Å². The second-order valence-corrected chi connectivity index (χ2v) is 3.95. The van der Waals surface area contributed by atoms with Crippen LogP contribution in [0.15, 0.2) is 25.3 Å². The number of amides is 2. The Morgan fingerprint density at radius 2 is 1.38 bits per heavy atom. The maximum absolute atomic E-state index is 10.5. The van der Waals surface area contributed by atoms with Crippen LogP contribution in [0.3, 0.4) is 0 Å². The number of hydrogen-bond donors (Lipinski definition) is 2. The van der Waals surface area contributed by atoms with Crippen LogP contribution < -0.4 is 10.6 Å². The van der Waals surface area contributed by atoms with Crippen molar-refractivity contribution in [1.82, 2.24) is 10.6 Å². The summed E-state index contributed by atoms with van der Waals surface area (Å²) in [5, 5.41) is 5.00. The molecule has 0 spiro atoms. The van der Waals surface area contributed by atoms with Crippen LogP contribution in [0.4, 0.5) is 0 Å². The van der Waals surface area contributed by atoms with Gasteiger partial charge in [-0.1, -0.05) is 33.4 Å². The third-order valence-corrected chi connectivity index (χ3v) is 2.06. The molecule has 122 valence electrons. The summed E-state index contributed by atoms with van der Waals surface area (Å²) in [7, 11) is 0. The Kier molecular flexibility index (Phi) is 18.9. The molecule has 0 aliphatic rings. The van der Waals surface area contributed by atoms with Crippen molar-refractivity contribution >= 4 is 11.8 Å². The molecule has 0 aliphatic heterocycles. The molecule has 0 rings (SSSR count). The van der Waals surface area contributed by atoms with Crippen molar-refractivity contribution in [2.24, 2.45) is 0 Å². The van der Waals surface area contributed by atoms with Crippen LogP contribution in [-0.2, 0) is 19.1 Å². The van der Waals surface area contributed by atoms with Gasteiger partial charge >= 0.3 is 0 Å². The quantitative estimate of drug-likeness (QED) is 0.346. The van der Waals surface area contributed by atoms with E-state index in [9.17, 15) is 9.59 Å². The number of hydrogen-bond acceptors (Lipinski definition) is 4. The van der Waals surface area contributed by atoms with Gasteiger partial charge in [-0.3, -0.25) is 9.59 Å². The number of carbonyl (C=O) groups excluding carboxylic acids is 2. The van der Waals surface area contributed by atoms with Crippen LogP contribution in [0.5, 0.6) is 0 Å². The van der Waals surface area contributed by atoms with Crippen molar-refractivity contribution in [1.29, 1.82) is 0 Å². The summed E-state index contributed by atoms with van der Waals surface area (Å²) in [6.45, 7) is 12.6. The van der Waals surface area contributed by atoms with Crippen LogP contribution in [-0.4, -0.2) is 38.5 Å². The maximum atomic E-state index is 10.5. The highest BCUT2D eigenvalue weighted by molar-refractivity contribution is 5.86. The zero-order valence-electron chi connectivity index (χ0n) is 13.2. The molecule has 21 heavy (non-hydrogen) atoms. The molecule has 0 aromatic heterocycles. The van der Waals surface area contributed by atoms with Gasteiger partial charge in [0.1, 0.15) is 13.5 Å². The second-order valence-electron chi connectivity index (χ2n) is 3.95. The average molecular weight is 300 g/mol. The molecule has 0 fully saturated rings. The lowest BCUT2D eigenvalue weighted by atomic mass is 10.4. The van der Waals surface area contributed by atoms with Gasteiger partial charge in [-0.25, -0.2) is 0 Å². The standard InChI is InChI=1S/C8H15NO2.C7H13NO2/c1-3-5-6-11-7-9-8(10)4-2;1-3-5-10-6-8-7(9)4-2/h4H,2-3,5-7H2,1H3,(H,9,10);4H,2-3,5-6H2,1H3,(H,8,9). The fraction of sp³-hybridized carbons (Fsp3) is 0.600. The Balaban J connectivity index is 0. The first kappa shape index (κ1) is 21.6. The minimum Gasteiger partial charge on any atom is -0.361 e. The first-order valence-electron chi connectivity index (χ1n) is 7.08. The van der Waals surface area contributed by atoms with Gasteiger partial charge < -0.3 is 20.1 Å². The van der Waals surface area contributed by atoms with E-state index in [2.05, 4.69) is 30.7 Å². The van der Waals surface area contributed by atoms with Gasteiger partial charge in [0.15, 0.2) is 0 Å². The van der Waals surface area contributed by atoms with Crippen molar-refractivity contribution in [3.05, 3.63) is 25.3 Å². The summed E-state index contributed by atoms with van der Waals surface area (Å²) in [5.74, 6) is -0.391. The average Bonchev–Trinajstić information content (AvgIpc) is 2.51. The van der Waals surface area contributed by atoms with Crippen molar-refractivity contribution in [2.75, 3.05) is 26.7 Å². The topological polar surface area (TPSA) is 76.7 Å². The highest BCUT2D eigenvalue weighted by Crippen LogP contribution is 1.85. The van der Waals surface area contributed by atoms with Crippen molar-refractivity contribution in [3.63, 3.8) is 0 Å². The van der Waals surface area contributed by atoms with Gasteiger partial charge in [0.05, 0.1) is 0 Å². The molecule has 0 aliphatic carbocycles. The molecule has 0 aromatic rings. The van der Waals surface area contributed by atoms with Crippen LogP contribution in [0.2, 0.25) is 0 Å². The van der Waals surface area contributed by atoms with Gasteiger partial charge in [0, 0.05) is 13.2 Å². The minimum absolute atomic E-state index is 0.193. The summed E-state index contributed by atoms with van der Waals surface area (Å²) in [6.07, 6.45) is 5.54. The predicted molar refractivity (Wildman–Crippen MR) is 83.5 cm³/mol. The maximum Gasteiger partial charge on any atom is 0.245 e. The molecule has 0 radical (unpaired) electrons. The molecule has 2 N–H and O–H groups in total. The molecule has 0 heterocycles. The van der Waals surface area contributed by atoms with E-state index in [1.807, 2.05) is 6.92 Å². The Morgan fingerprint density at radius 1 is 0.905 bits per heavy atom. The molecule has 0 unspecified atom stereocenters. The highest BCUT2D eigenvalue weighted by Gasteiger charge is 1.91. The summed E-state index contributed by atoms with van der Waals surface area (Å²) in [5.41, 5.74) is 0. The molecular weight excluding hydrogens is 272 g/mol. The Morgan fingerprint density at radius 3 is 1.76 bits per heavy atom. The van der Waals surface area contributed by atoms with E-state index >= 15 is 0 Å². The van der Waals surface area contributed by atoms with Crippen molar-refractivity contribution < 1.29 is 19.1 Å². The molecule has 0 saturated heterocycles. The minimum atomic E-state index is -0.198. The van der Waals surface area contributed by atoms with E-state index < -0.39 is 0 Å². The molecule has 2 amide bonds. The molecule has 6 nitrogen and oxygen atoms in total. The SMILES string of the molecule is C=CC(=O)NCOCCC.C=CC(=O)NCOCCCC. The number of unbranched alkanes of at least 4 members (excludes halogenated alkanes) is 1. The van der Waals surface area contributed by atoms with Crippen molar-refractivity contribution in [3.8, 4) is 0 Å². The van der Waals surface area contributed by atoms with Crippen LogP contribution in [0.1, 0.15) is 33.1 Å². The zero-order chi connectivity index (χ0) is 16.3. The fourth-order valence-electron chi connectivity index (χ4n) is 0.924. The summed E-state index contributed by atoms with van der Waals surface area (Å²) in [6, 6.07) is 0. The number of nitrogens with one attached hydrogen (secondary N) is 2. The third kappa shape index (κ3) is 20.8. The molecule has 6 heteroatoms. The Labute approximate surface area is 127 Å². The summed E-state index contributed by atoms with van der Waals surface area (Å²) < 4.78 is 10.0. The van der Waals surface area contributed by atoms with Gasteiger partial charge in [0.25, 0.3) is 0 Å². The lowest BCUT2D eigenvalue weighted by molar-refractivity contribution is -0.119. The first-order chi connectivity index (χ1) is 10.1. The lowest BCUT2D eigenvalue weighted by Gasteiger charge is -2.02. The highest BCUT2D eigenvalue weighted by atomic mass is 16.5. The van der Waals surface area contributed by atoms with E-state index in [-0.39, 0.29) is 25.3 Å². The third-order valence-electron chi connectivity index (χ3n) is 2.06. The molecule has 0 saturated carbocycles. The molecule has 0 bridgehead atoms.